The predicted octanol–water partition coefficient (Wildman–Crippen LogP) is 4.27. The van der Waals surface area contributed by atoms with Crippen LogP contribution in [-0.2, 0) is 0 Å². The number of halogens is 2. The first kappa shape index (κ1) is 11.9. The maximum absolute atomic E-state index is 12.9. The summed E-state index contributed by atoms with van der Waals surface area (Å²) in [6, 6.07) is 9.72. The van der Waals surface area contributed by atoms with Crippen LogP contribution in [0.3, 0.4) is 0 Å². The number of hydrogen-bond acceptors (Lipinski definition) is 2. The van der Waals surface area contributed by atoms with Gasteiger partial charge in [-0.05, 0) is 48.9 Å². The van der Waals surface area contributed by atoms with Crippen LogP contribution in [0.4, 0.5) is 10.1 Å². The van der Waals surface area contributed by atoms with E-state index in [1.807, 2.05) is 6.07 Å². The number of benzene rings is 2. The fourth-order valence-electron chi connectivity index (χ4n) is 1.44. The Morgan fingerprint density at radius 2 is 1.88 bits per heavy atom. The molecule has 0 atom stereocenters. The summed E-state index contributed by atoms with van der Waals surface area (Å²) >= 11 is 3.34. The normalized spacial score (nSPS) is 10.3. The van der Waals surface area contributed by atoms with Gasteiger partial charge >= 0.3 is 0 Å². The van der Waals surface area contributed by atoms with Gasteiger partial charge in [0.05, 0.1) is 5.69 Å². The first-order chi connectivity index (χ1) is 8.06. The van der Waals surface area contributed by atoms with E-state index < -0.39 is 0 Å². The molecule has 2 aromatic carbocycles. The van der Waals surface area contributed by atoms with Crippen LogP contribution in [0.2, 0.25) is 0 Å². The summed E-state index contributed by atoms with van der Waals surface area (Å²) in [7, 11) is 0. The average Bonchev–Trinajstić information content (AvgIpc) is 2.27. The Morgan fingerprint density at radius 3 is 2.59 bits per heavy atom. The summed E-state index contributed by atoms with van der Waals surface area (Å²) < 4.78 is 19.5. The molecule has 0 bridgehead atoms. The van der Waals surface area contributed by atoms with Crippen molar-refractivity contribution in [3.05, 3.63) is 52.3 Å². The highest BCUT2D eigenvalue weighted by Gasteiger charge is 2.06. The van der Waals surface area contributed by atoms with Gasteiger partial charge in [0.25, 0.3) is 0 Å². The van der Waals surface area contributed by atoms with Crippen LogP contribution >= 0.6 is 15.9 Å². The zero-order valence-corrected chi connectivity index (χ0v) is 10.8. The quantitative estimate of drug-likeness (QED) is 0.840. The highest BCUT2D eigenvalue weighted by atomic mass is 79.9. The number of ether oxygens (including phenoxy) is 1. The molecule has 2 rings (SSSR count). The molecule has 0 aliphatic carbocycles. The molecule has 0 aromatic heterocycles. The van der Waals surface area contributed by atoms with Gasteiger partial charge in [0, 0.05) is 4.47 Å². The fourth-order valence-corrected chi connectivity index (χ4v) is 1.78. The molecule has 0 heterocycles. The Balaban J connectivity index is 2.34. The van der Waals surface area contributed by atoms with Gasteiger partial charge in [-0.3, -0.25) is 0 Å². The molecule has 0 aliphatic rings. The molecule has 0 saturated heterocycles. The van der Waals surface area contributed by atoms with Crippen molar-refractivity contribution in [2.75, 3.05) is 5.73 Å². The van der Waals surface area contributed by atoms with E-state index in [1.54, 1.807) is 25.1 Å². The fraction of sp³-hybridized carbons (Fsp3) is 0.0769. The average molecular weight is 296 g/mol. The molecule has 2 aromatic rings. The standard InChI is InChI=1S/C13H11BrFNO/c1-8-6-10(15)3-5-12(8)17-13-7-9(14)2-4-11(13)16/h2-7H,16H2,1H3. The molecule has 0 unspecified atom stereocenters. The summed E-state index contributed by atoms with van der Waals surface area (Å²) in [5.41, 5.74) is 7.06. The van der Waals surface area contributed by atoms with Crippen LogP contribution in [0.15, 0.2) is 40.9 Å². The van der Waals surface area contributed by atoms with Crippen LogP contribution < -0.4 is 10.5 Å². The van der Waals surface area contributed by atoms with Gasteiger partial charge in [-0.2, -0.15) is 0 Å². The van der Waals surface area contributed by atoms with Crippen molar-refractivity contribution in [2.24, 2.45) is 0 Å². The van der Waals surface area contributed by atoms with Gasteiger partial charge in [-0.1, -0.05) is 15.9 Å². The minimum atomic E-state index is -0.280. The highest BCUT2D eigenvalue weighted by Crippen LogP contribution is 2.32. The van der Waals surface area contributed by atoms with Crippen molar-refractivity contribution >= 4 is 21.6 Å². The van der Waals surface area contributed by atoms with Gasteiger partial charge in [-0.25, -0.2) is 4.39 Å². The first-order valence-electron chi connectivity index (χ1n) is 5.05. The monoisotopic (exact) mass is 295 g/mol. The Kier molecular flexibility index (Phi) is 3.33. The zero-order chi connectivity index (χ0) is 12.4. The van der Waals surface area contributed by atoms with Gasteiger partial charge in [0.15, 0.2) is 5.75 Å². The SMILES string of the molecule is Cc1cc(F)ccc1Oc1cc(Br)ccc1N. The molecule has 0 spiro atoms. The lowest BCUT2D eigenvalue weighted by atomic mass is 10.2. The largest absolute Gasteiger partial charge is 0.455 e. The molecule has 0 amide bonds. The molecular formula is C13H11BrFNO. The molecular weight excluding hydrogens is 285 g/mol. The van der Waals surface area contributed by atoms with Crippen LogP contribution in [0.5, 0.6) is 11.5 Å². The van der Waals surface area contributed by atoms with Crippen molar-refractivity contribution in [1.82, 2.24) is 0 Å². The molecule has 0 aliphatic heterocycles. The number of anilines is 1. The van der Waals surface area contributed by atoms with Crippen LogP contribution in [0.25, 0.3) is 0 Å². The number of nitrogen functional groups attached to an aromatic ring is 1. The molecule has 2 N–H and O–H groups in total. The van der Waals surface area contributed by atoms with E-state index in [1.165, 1.54) is 12.1 Å². The zero-order valence-electron chi connectivity index (χ0n) is 9.21. The molecule has 0 radical (unpaired) electrons. The van der Waals surface area contributed by atoms with E-state index in [9.17, 15) is 4.39 Å². The minimum Gasteiger partial charge on any atom is -0.455 e. The third-order valence-corrected chi connectivity index (χ3v) is 2.83. The first-order valence-corrected chi connectivity index (χ1v) is 5.84. The molecule has 0 fully saturated rings. The maximum Gasteiger partial charge on any atom is 0.151 e. The van der Waals surface area contributed by atoms with Crippen molar-refractivity contribution in [2.45, 2.75) is 6.92 Å². The van der Waals surface area contributed by atoms with E-state index in [4.69, 9.17) is 10.5 Å². The second-order valence-corrected chi connectivity index (χ2v) is 4.61. The number of nitrogens with two attached hydrogens (primary N) is 1. The van der Waals surface area contributed by atoms with Crippen LogP contribution in [-0.4, -0.2) is 0 Å². The number of hydrogen-bond donors (Lipinski definition) is 1. The van der Waals surface area contributed by atoms with Crippen LogP contribution in [0.1, 0.15) is 5.56 Å². The van der Waals surface area contributed by atoms with E-state index in [0.29, 0.717) is 17.2 Å². The van der Waals surface area contributed by atoms with E-state index in [-0.39, 0.29) is 5.82 Å². The smallest absolute Gasteiger partial charge is 0.151 e. The number of rotatable bonds is 2. The topological polar surface area (TPSA) is 35.2 Å². The second-order valence-electron chi connectivity index (χ2n) is 3.69. The highest BCUT2D eigenvalue weighted by molar-refractivity contribution is 9.10. The summed E-state index contributed by atoms with van der Waals surface area (Å²) in [4.78, 5) is 0. The minimum absolute atomic E-state index is 0.280. The van der Waals surface area contributed by atoms with Crippen molar-refractivity contribution in [3.63, 3.8) is 0 Å². The van der Waals surface area contributed by atoms with E-state index >= 15 is 0 Å². The molecule has 88 valence electrons. The Morgan fingerprint density at radius 1 is 1.12 bits per heavy atom. The lowest BCUT2D eigenvalue weighted by molar-refractivity contribution is 0.478. The summed E-state index contributed by atoms with van der Waals surface area (Å²) in [6.45, 7) is 1.78. The van der Waals surface area contributed by atoms with Gasteiger partial charge in [0.2, 0.25) is 0 Å². The Hall–Kier alpha value is -1.55. The van der Waals surface area contributed by atoms with Gasteiger partial charge in [-0.15, -0.1) is 0 Å². The third-order valence-electron chi connectivity index (χ3n) is 2.33. The third kappa shape index (κ3) is 2.77. The lowest BCUT2D eigenvalue weighted by Gasteiger charge is -2.11. The molecule has 17 heavy (non-hydrogen) atoms. The van der Waals surface area contributed by atoms with Crippen LogP contribution in [0, 0.1) is 12.7 Å². The second kappa shape index (κ2) is 4.75. The summed E-state index contributed by atoms with van der Waals surface area (Å²) in [5, 5.41) is 0. The molecule has 0 saturated carbocycles. The maximum atomic E-state index is 12.9. The van der Waals surface area contributed by atoms with Gasteiger partial charge in [0.1, 0.15) is 11.6 Å². The Labute approximate surface area is 107 Å². The predicted molar refractivity (Wildman–Crippen MR) is 69.8 cm³/mol. The van der Waals surface area contributed by atoms with Crippen molar-refractivity contribution < 1.29 is 9.13 Å². The van der Waals surface area contributed by atoms with E-state index in [0.717, 1.165) is 10.0 Å². The van der Waals surface area contributed by atoms with Crippen molar-refractivity contribution in [3.8, 4) is 11.5 Å². The molecule has 2 nitrogen and oxygen atoms in total. The molecule has 4 heteroatoms. The summed E-state index contributed by atoms with van der Waals surface area (Å²) in [6.07, 6.45) is 0. The van der Waals surface area contributed by atoms with Gasteiger partial charge < -0.3 is 10.5 Å². The summed E-state index contributed by atoms with van der Waals surface area (Å²) in [5.74, 6) is 0.863. The van der Waals surface area contributed by atoms with E-state index in [2.05, 4.69) is 15.9 Å². The Bertz CT molecular complexity index is 557. The lowest BCUT2D eigenvalue weighted by Crippen LogP contribution is -1.93. The number of aryl methyl sites for hydroxylation is 1. The van der Waals surface area contributed by atoms with Crippen molar-refractivity contribution in [1.29, 1.82) is 0 Å².